The van der Waals surface area contributed by atoms with Crippen LogP contribution in [0.5, 0.6) is 0 Å². The summed E-state index contributed by atoms with van der Waals surface area (Å²) in [6, 6.07) is -1.79. The Balaban J connectivity index is 1.23. The summed E-state index contributed by atoms with van der Waals surface area (Å²) in [5.41, 5.74) is 0. The van der Waals surface area contributed by atoms with Crippen LogP contribution >= 0.6 is 0 Å². The van der Waals surface area contributed by atoms with Gasteiger partial charge in [0.05, 0.1) is 39.1 Å². The van der Waals surface area contributed by atoms with E-state index in [4.69, 9.17) is 52.1 Å². The van der Waals surface area contributed by atoms with Crippen LogP contribution < -0.4 is 5.32 Å². The molecule has 0 bridgehead atoms. The first-order chi connectivity index (χ1) is 32.6. The minimum absolute atomic E-state index is 0.863. The van der Waals surface area contributed by atoms with Crippen molar-refractivity contribution in [2.45, 2.75) is 198 Å². The van der Waals surface area contributed by atoms with Crippen molar-refractivity contribution in [2.24, 2.45) is 0 Å². The zero-order chi connectivity index (χ0) is 50.9. The minimum atomic E-state index is -2.21. The first kappa shape index (κ1) is 56.6. The van der Waals surface area contributed by atoms with Crippen LogP contribution in [-0.4, -0.2) is 315 Å². The van der Waals surface area contributed by atoms with Gasteiger partial charge in [-0.25, -0.2) is 0 Å². The molecule has 6 rings (SSSR count). The van der Waals surface area contributed by atoms with Crippen molar-refractivity contribution in [1.29, 1.82) is 0 Å². The van der Waals surface area contributed by atoms with E-state index in [1.165, 1.54) is 6.92 Å². The number of amides is 1. The number of carbonyl (C=O) groups is 1. The van der Waals surface area contributed by atoms with Crippen LogP contribution in [0.1, 0.15) is 13.8 Å². The second-order valence-corrected chi connectivity index (χ2v) is 17.5. The molecule has 6 saturated heterocycles. The van der Waals surface area contributed by atoms with E-state index in [0.29, 0.717) is 0 Å². The molecule has 30 atom stereocenters. The lowest BCUT2D eigenvalue weighted by atomic mass is 9.94. The summed E-state index contributed by atoms with van der Waals surface area (Å²) in [4.78, 5) is 12.7. The summed E-state index contributed by atoms with van der Waals surface area (Å²) >= 11 is 0. The highest BCUT2D eigenvalue weighted by Crippen LogP contribution is 2.37. The fraction of sp³-hybridized carbons (Fsp3) is 0.974. The van der Waals surface area contributed by atoms with Gasteiger partial charge in [0.25, 0.3) is 0 Å². The number of ether oxygens (including phenoxy) is 11. The van der Waals surface area contributed by atoms with Crippen molar-refractivity contribution in [3.8, 4) is 0 Å². The number of aliphatic hydroxyl groups is 18. The summed E-state index contributed by atoms with van der Waals surface area (Å²) in [6.45, 7) is -2.55. The third kappa shape index (κ3) is 11.8. The van der Waals surface area contributed by atoms with Crippen LogP contribution in [0, 0.1) is 0 Å². The minimum Gasteiger partial charge on any atom is -0.394 e. The molecule has 6 heterocycles. The van der Waals surface area contributed by atoms with Crippen molar-refractivity contribution < 1.29 is 149 Å². The van der Waals surface area contributed by atoms with Gasteiger partial charge in [-0.3, -0.25) is 4.79 Å². The Morgan fingerprint density at radius 1 is 0.377 bits per heavy atom. The number of aliphatic hydroxyl groups excluding tert-OH is 18. The standard InChI is InChI=1S/C38H65NO30/c1-8-16(46)20(50)25(55)35(59-8)69-32-21(51)17(47)10(3-40)63-38(32)67-30-15(39-9(2)45)34(61-11(4-41)18(30)48)68-31-19(49)12(5-42)62-37(27(31)57)66-29-14(7-44)64-36(26(56)23(29)53)65-28-13(6-43)60-33(58)24(54)22(28)52/h8,10-38,40-44,46-58H,3-7H2,1-2H3,(H,39,45). The zero-order valence-electron chi connectivity index (χ0n) is 36.8. The molecule has 0 aromatic carbocycles. The van der Waals surface area contributed by atoms with Gasteiger partial charge in [-0.2, -0.15) is 0 Å². The van der Waals surface area contributed by atoms with Gasteiger partial charge in [-0.05, 0) is 6.92 Å². The quantitative estimate of drug-likeness (QED) is 0.0682. The van der Waals surface area contributed by atoms with Crippen molar-refractivity contribution in [3.05, 3.63) is 0 Å². The van der Waals surface area contributed by atoms with E-state index in [1.54, 1.807) is 0 Å². The maximum atomic E-state index is 12.7. The van der Waals surface area contributed by atoms with Gasteiger partial charge in [0.2, 0.25) is 5.91 Å². The maximum absolute atomic E-state index is 12.7. The molecule has 0 radical (unpaired) electrons. The van der Waals surface area contributed by atoms with Crippen molar-refractivity contribution in [2.75, 3.05) is 33.0 Å². The maximum Gasteiger partial charge on any atom is 0.217 e. The zero-order valence-corrected chi connectivity index (χ0v) is 36.8. The average Bonchev–Trinajstić information content (AvgIpc) is 3.32. The van der Waals surface area contributed by atoms with Gasteiger partial charge in [-0.1, -0.05) is 0 Å². The second-order valence-electron chi connectivity index (χ2n) is 17.5. The molecule has 69 heavy (non-hydrogen) atoms. The Bertz CT molecular complexity index is 1610. The molecule has 6 fully saturated rings. The predicted octanol–water partition coefficient (Wildman–Crippen LogP) is -12.9. The van der Waals surface area contributed by atoms with Crippen molar-refractivity contribution in [1.82, 2.24) is 5.32 Å². The highest BCUT2D eigenvalue weighted by Gasteiger charge is 2.58. The van der Waals surface area contributed by atoms with Gasteiger partial charge in [0, 0.05) is 6.92 Å². The van der Waals surface area contributed by atoms with E-state index in [2.05, 4.69) is 5.32 Å². The van der Waals surface area contributed by atoms with E-state index < -0.39 is 223 Å². The average molecular weight is 1020 g/mol. The molecule has 402 valence electrons. The largest absolute Gasteiger partial charge is 0.394 e. The van der Waals surface area contributed by atoms with Crippen molar-refractivity contribution >= 4 is 5.91 Å². The fourth-order valence-electron chi connectivity index (χ4n) is 8.84. The Hall–Kier alpha value is -1.69. The lowest BCUT2D eigenvalue weighted by Gasteiger charge is -2.51. The van der Waals surface area contributed by atoms with Gasteiger partial charge in [0.1, 0.15) is 140 Å². The van der Waals surface area contributed by atoms with E-state index in [-0.39, 0.29) is 0 Å². The summed E-state index contributed by atoms with van der Waals surface area (Å²) in [5.74, 6) is -0.863. The van der Waals surface area contributed by atoms with Gasteiger partial charge >= 0.3 is 0 Å². The summed E-state index contributed by atoms with van der Waals surface area (Å²) in [6.07, 6.45) is -54.3. The van der Waals surface area contributed by atoms with Crippen LogP contribution in [0.4, 0.5) is 0 Å². The van der Waals surface area contributed by atoms with Crippen LogP contribution in [0.2, 0.25) is 0 Å². The van der Waals surface area contributed by atoms with Crippen LogP contribution in [0.15, 0.2) is 0 Å². The monoisotopic (exact) mass is 1020 g/mol. The Morgan fingerprint density at radius 2 is 0.768 bits per heavy atom. The predicted molar refractivity (Wildman–Crippen MR) is 209 cm³/mol. The molecule has 0 aromatic rings. The molecule has 0 spiro atoms. The Morgan fingerprint density at radius 3 is 1.33 bits per heavy atom. The van der Waals surface area contributed by atoms with Gasteiger partial charge in [0.15, 0.2) is 37.7 Å². The third-order valence-electron chi connectivity index (χ3n) is 12.8. The molecule has 6 aliphatic heterocycles. The molecule has 30 unspecified atom stereocenters. The van der Waals surface area contributed by atoms with Crippen LogP contribution in [-0.2, 0) is 56.9 Å². The highest BCUT2D eigenvalue weighted by molar-refractivity contribution is 5.73. The number of nitrogens with one attached hydrogen (secondary N) is 1. The van der Waals surface area contributed by atoms with Crippen LogP contribution in [0.3, 0.4) is 0 Å². The lowest BCUT2D eigenvalue weighted by molar-refractivity contribution is -0.393. The lowest BCUT2D eigenvalue weighted by Crippen LogP contribution is -2.70. The summed E-state index contributed by atoms with van der Waals surface area (Å²) < 4.78 is 62.4. The number of hydrogen-bond acceptors (Lipinski definition) is 30. The molecule has 0 saturated carbocycles. The molecule has 1 amide bonds. The SMILES string of the molecule is CC(=O)NC1C(OC2C(O)C(CO)OC(OC3C(CO)OC(OC4C(CO)OC(O)C(O)C4O)C(O)C3O)C2O)OC(CO)C(O)C1OC1OC(CO)C(O)C(O)C1OC1OC(C)C(O)C(O)C1O. The van der Waals surface area contributed by atoms with Gasteiger partial charge < -0.3 is 149 Å². The number of hydrogen-bond donors (Lipinski definition) is 19. The molecule has 0 aromatic heterocycles. The smallest absolute Gasteiger partial charge is 0.217 e. The first-order valence-electron chi connectivity index (χ1n) is 22.0. The molecule has 31 heteroatoms. The second kappa shape index (κ2) is 24.1. The summed E-state index contributed by atoms with van der Waals surface area (Å²) in [7, 11) is 0. The van der Waals surface area contributed by atoms with E-state index in [9.17, 15) is 96.7 Å². The Labute approximate surface area is 390 Å². The third-order valence-corrected chi connectivity index (χ3v) is 12.8. The van der Waals surface area contributed by atoms with Crippen molar-refractivity contribution in [3.63, 3.8) is 0 Å². The molecule has 0 aliphatic carbocycles. The van der Waals surface area contributed by atoms with E-state index in [1.807, 2.05) is 0 Å². The van der Waals surface area contributed by atoms with Crippen LogP contribution in [0.25, 0.3) is 0 Å². The molecular formula is C38H65NO30. The van der Waals surface area contributed by atoms with E-state index in [0.717, 1.165) is 6.92 Å². The molecular weight excluding hydrogens is 950 g/mol. The topological polar surface area (TPSA) is 495 Å². The normalized spacial score (nSPS) is 52.1. The number of carbonyl (C=O) groups excluding carboxylic acids is 1. The number of rotatable bonds is 16. The first-order valence-corrected chi connectivity index (χ1v) is 22.0. The molecule has 31 nitrogen and oxygen atoms in total. The Kier molecular flexibility index (Phi) is 19.8. The van der Waals surface area contributed by atoms with E-state index >= 15 is 0 Å². The molecule has 19 N–H and O–H groups in total. The molecule has 6 aliphatic rings. The highest BCUT2D eigenvalue weighted by atomic mass is 16.8. The van der Waals surface area contributed by atoms with Gasteiger partial charge in [-0.15, -0.1) is 0 Å². The summed E-state index contributed by atoms with van der Waals surface area (Å²) in [5, 5.41) is 194. The fourth-order valence-corrected chi connectivity index (χ4v) is 8.84.